The van der Waals surface area contributed by atoms with Crippen molar-refractivity contribution in [1.29, 1.82) is 0 Å². The normalized spacial score (nSPS) is 12.2. The molecule has 0 bridgehead atoms. The Hall–Kier alpha value is -2.49. The minimum atomic E-state index is -4.30. The molecule has 214 valence electrons. The highest BCUT2D eigenvalue weighted by atomic mass is 35.5. The van der Waals surface area contributed by atoms with Crippen LogP contribution in [-0.4, -0.2) is 43.8 Å². The molecular formula is C28H29Cl4N3O4S. The first kappa shape index (κ1) is 32.0. The van der Waals surface area contributed by atoms with Crippen LogP contribution >= 0.6 is 46.4 Å². The molecule has 2 amide bonds. The summed E-state index contributed by atoms with van der Waals surface area (Å²) in [5.74, 6) is -1.12. The van der Waals surface area contributed by atoms with Crippen LogP contribution in [0.1, 0.15) is 31.9 Å². The molecule has 40 heavy (non-hydrogen) atoms. The van der Waals surface area contributed by atoms with E-state index in [4.69, 9.17) is 46.4 Å². The van der Waals surface area contributed by atoms with Crippen LogP contribution < -0.4 is 9.62 Å². The summed E-state index contributed by atoms with van der Waals surface area (Å²) in [6.45, 7) is 6.12. The van der Waals surface area contributed by atoms with Crippen LogP contribution in [0, 0.1) is 6.92 Å². The van der Waals surface area contributed by atoms with Crippen molar-refractivity contribution in [3.8, 4) is 0 Å². The van der Waals surface area contributed by atoms with Crippen LogP contribution in [0.4, 0.5) is 5.69 Å². The molecule has 3 aromatic carbocycles. The second-order valence-electron chi connectivity index (χ2n) is 9.46. The van der Waals surface area contributed by atoms with Crippen molar-refractivity contribution in [2.75, 3.05) is 10.8 Å². The summed E-state index contributed by atoms with van der Waals surface area (Å²) in [5.41, 5.74) is 1.28. The minimum absolute atomic E-state index is 0.0121. The van der Waals surface area contributed by atoms with Crippen molar-refractivity contribution in [2.45, 2.75) is 51.2 Å². The highest BCUT2D eigenvalue weighted by Gasteiger charge is 2.34. The Balaban J connectivity index is 2.11. The largest absolute Gasteiger partial charge is 0.352 e. The third-order valence-corrected chi connectivity index (χ3v) is 9.37. The van der Waals surface area contributed by atoms with E-state index in [9.17, 15) is 18.0 Å². The number of carbonyl (C=O) groups is 2. The van der Waals surface area contributed by atoms with Crippen molar-refractivity contribution in [3.05, 3.63) is 91.9 Å². The summed E-state index contributed by atoms with van der Waals surface area (Å²) in [6, 6.07) is 14.4. The number of rotatable bonds is 10. The highest BCUT2D eigenvalue weighted by Crippen LogP contribution is 2.36. The van der Waals surface area contributed by atoms with E-state index in [1.807, 2.05) is 6.92 Å². The first-order chi connectivity index (χ1) is 18.7. The quantitative estimate of drug-likeness (QED) is 0.265. The lowest BCUT2D eigenvalue weighted by molar-refractivity contribution is -0.139. The molecule has 0 fully saturated rings. The lowest BCUT2D eigenvalue weighted by atomic mass is 10.1. The van der Waals surface area contributed by atoms with E-state index in [0.717, 1.165) is 9.87 Å². The van der Waals surface area contributed by atoms with E-state index in [1.165, 1.54) is 35.2 Å². The number of benzene rings is 3. The van der Waals surface area contributed by atoms with Gasteiger partial charge in [0.25, 0.3) is 10.0 Å². The molecule has 0 spiro atoms. The van der Waals surface area contributed by atoms with E-state index >= 15 is 0 Å². The van der Waals surface area contributed by atoms with Gasteiger partial charge in [-0.25, -0.2) is 8.42 Å². The first-order valence-corrected chi connectivity index (χ1v) is 15.2. The summed E-state index contributed by atoms with van der Waals surface area (Å²) in [6.07, 6.45) is 0. The summed E-state index contributed by atoms with van der Waals surface area (Å²) in [7, 11) is -4.30. The van der Waals surface area contributed by atoms with Crippen LogP contribution in [-0.2, 0) is 26.2 Å². The number of sulfonamides is 1. The van der Waals surface area contributed by atoms with Crippen molar-refractivity contribution in [3.63, 3.8) is 0 Å². The summed E-state index contributed by atoms with van der Waals surface area (Å²) in [5, 5.41) is 3.45. The van der Waals surface area contributed by atoms with Gasteiger partial charge in [-0.05, 0) is 64.1 Å². The third kappa shape index (κ3) is 7.42. The van der Waals surface area contributed by atoms with Gasteiger partial charge in [-0.2, -0.15) is 0 Å². The van der Waals surface area contributed by atoms with E-state index < -0.39 is 34.4 Å². The lowest BCUT2D eigenvalue weighted by Gasteiger charge is -2.33. The monoisotopic (exact) mass is 643 g/mol. The van der Waals surface area contributed by atoms with Gasteiger partial charge in [0.2, 0.25) is 11.8 Å². The molecule has 1 N–H and O–H groups in total. The standard InChI is InChI=1S/C28H29Cl4N3O4S/c1-17(2)33-28(37)19(4)34(15-21-22(29)7-5-8-23(21)30)26(36)16-35(25-10-6-9-24(31)27(25)32)40(38,39)20-13-11-18(3)12-14-20/h5-14,17,19H,15-16H2,1-4H3,(H,33,37)/t19-/m1/s1. The van der Waals surface area contributed by atoms with Gasteiger partial charge in [0.05, 0.1) is 20.6 Å². The van der Waals surface area contributed by atoms with Crippen LogP contribution in [0.2, 0.25) is 20.1 Å². The molecule has 3 rings (SSSR count). The van der Waals surface area contributed by atoms with E-state index in [2.05, 4.69) is 5.32 Å². The zero-order chi connectivity index (χ0) is 29.8. The number of hydrogen-bond donors (Lipinski definition) is 1. The molecule has 0 heterocycles. The maximum atomic E-state index is 14.0. The zero-order valence-corrected chi connectivity index (χ0v) is 26.1. The number of nitrogens with zero attached hydrogens (tertiary/aromatic N) is 2. The number of nitrogens with one attached hydrogen (secondary N) is 1. The maximum Gasteiger partial charge on any atom is 0.264 e. The Bertz CT molecular complexity index is 1480. The number of amides is 2. The van der Waals surface area contributed by atoms with E-state index in [1.54, 1.807) is 51.1 Å². The molecule has 0 aliphatic rings. The molecule has 0 aliphatic heterocycles. The van der Waals surface area contributed by atoms with Gasteiger partial charge in [-0.3, -0.25) is 13.9 Å². The summed E-state index contributed by atoms with van der Waals surface area (Å²) < 4.78 is 28.7. The molecule has 0 saturated carbocycles. The summed E-state index contributed by atoms with van der Waals surface area (Å²) >= 11 is 25.5. The molecule has 0 unspecified atom stereocenters. The molecule has 1 atom stereocenters. The smallest absolute Gasteiger partial charge is 0.264 e. The predicted molar refractivity (Wildman–Crippen MR) is 162 cm³/mol. The average molecular weight is 645 g/mol. The molecular weight excluding hydrogens is 616 g/mol. The first-order valence-electron chi connectivity index (χ1n) is 12.3. The molecule has 0 radical (unpaired) electrons. The number of aryl methyl sites for hydroxylation is 1. The molecule has 0 aliphatic carbocycles. The van der Waals surface area contributed by atoms with Gasteiger partial charge in [-0.1, -0.05) is 76.2 Å². The fourth-order valence-electron chi connectivity index (χ4n) is 3.88. The van der Waals surface area contributed by atoms with Gasteiger partial charge in [-0.15, -0.1) is 0 Å². The number of hydrogen-bond acceptors (Lipinski definition) is 4. The van der Waals surface area contributed by atoms with E-state index in [0.29, 0.717) is 15.6 Å². The minimum Gasteiger partial charge on any atom is -0.352 e. The van der Waals surface area contributed by atoms with Gasteiger partial charge in [0.1, 0.15) is 12.6 Å². The van der Waals surface area contributed by atoms with Gasteiger partial charge in [0, 0.05) is 28.2 Å². The molecule has 0 saturated heterocycles. The maximum absolute atomic E-state index is 14.0. The van der Waals surface area contributed by atoms with Gasteiger partial charge in [0.15, 0.2) is 0 Å². The Morgan fingerprint density at radius 3 is 1.98 bits per heavy atom. The molecule has 3 aromatic rings. The Kier molecular flexibility index (Phi) is 10.8. The van der Waals surface area contributed by atoms with Crippen molar-refractivity contribution < 1.29 is 18.0 Å². The van der Waals surface area contributed by atoms with Gasteiger partial charge >= 0.3 is 0 Å². The van der Waals surface area contributed by atoms with E-state index in [-0.39, 0.29) is 33.2 Å². The molecule has 7 nitrogen and oxygen atoms in total. The van der Waals surface area contributed by atoms with Crippen LogP contribution in [0.5, 0.6) is 0 Å². The second kappa shape index (κ2) is 13.4. The zero-order valence-electron chi connectivity index (χ0n) is 22.3. The third-order valence-electron chi connectivity index (χ3n) is 6.08. The Morgan fingerprint density at radius 1 is 0.850 bits per heavy atom. The predicted octanol–water partition coefficient (Wildman–Crippen LogP) is 6.75. The Morgan fingerprint density at radius 2 is 1.40 bits per heavy atom. The lowest BCUT2D eigenvalue weighted by Crippen LogP contribution is -2.52. The van der Waals surface area contributed by atoms with Crippen LogP contribution in [0.3, 0.4) is 0 Å². The topological polar surface area (TPSA) is 86.8 Å². The van der Waals surface area contributed by atoms with Crippen LogP contribution in [0.25, 0.3) is 0 Å². The SMILES string of the molecule is Cc1ccc(S(=O)(=O)N(CC(=O)N(Cc2c(Cl)cccc2Cl)[C@H](C)C(=O)NC(C)C)c2cccc(Cl)c2Cl)cc1. The second-order valence-corrected chi connectivity index (χ2v) is 12.9. The van der Waals surface area contributed by atoms with Crippen molar-refractivity contribution in [2.24, 2.45) is 0 Å². The fraction of sp³-hybridized carbons (Fsp3) is 0.286. The number of carbonyl (C=O) groups excluding carboxylic acids is 2. The Labute approximate surface area is 255 Å². The number of halogens is 4. The average Bonchev–Trinajstić information content (AvgIpc) is 2.88. The fourth-order valence-corrected chi connectivity index (χ4v) is 6.27. The van der Waals surface area contributed by atoms with Crippen molar-refractivity contribution >= 4 is 73.9 Å². The molecule has 0 aromatic heterocycles. The summed E-state index contributed by atoms with van der Waals surface area (Å²) in [4.78, 5) is 28.2. The van der Waals surface area contributed by atoms with Crippen LogP contribution in [0.15, 0.2) is 65.6 Å². The number of anilines is 1. The van der Waals surface area contributed by atoms with Gasteiger partial charge < -0.3 is 10.2 Å². The highest BCUT2D eigenvalue weighted by molar-refractivity contribution is 7.92. The van der Waals surface area contributed by atoms with Crippen molar-refractivity contribution in [1.82, 2.24) is 10.2 Å². The molecule has 12 heteroatoms.